The highest BCUT2D eigenvalue weighted by Gasteiger charge is 2.11. The third-order valence-electron chi connectivity index (χ3n) is 3.43. The number of rotatable bonds is 4. The van der Waals surface area contributed by atoms with Crippen molar-refractivity contribution < 1.29 is 4.79 Å². The van der Waals surface area contributed by atoms with Gasteiger partial charge in [0.25, 0.3) is 0 Å². The Morgan fingerprint density at radius 2 is 2.19 bits per heavy atom. The molecule has 0 bridgehead atoms. The van der Waals surface area contributed by atoms with Gasteiger partial charge in [-0.15, -0.1) is 12.4 Å². The smallest absolute Gasteiger partial charge is 0.224 e. The van der Waals surface area contributed by atoms with Gasteiger partial charge in [-0.1, -0.05) is 6.07 Å². The fourth-order valence-corrected chi connectivity index (χ4v) is 2.39. The summed E-state index contributed by atoms with van der Waals surface area (Å²) in [6, 6.07) is 11.8. The minimum atomic E-state index is 0. The first-order valence-electron chi connectivity index (χ1n) is 6.88. The first-order chi connectivity index (χ1) is 9.81. The van der Waals surface area contributed by atoms with Crippen LogP contribution < -0.4 is 10.6 Å². The highest BCUT2D eigenvalue weighted by atomic mass is 35.5. The third kappa shape index (κ3) is 3.95. The highest BCUT2D eigenvalue weighted by Crippen LogP contribution is 2.25. The molecule has 2 heterocycles. The largest absolute Gasteiger partial charge is 0.384 e. The minimum absolute atomic E-state index is 0. The summed E-state index contributed by atoms with van der Waals surface area (Å²) in [5.74, 6) is 0.0292. The Bertz CT molecular complexity index is 616. The number of halogens is 1. The van der Waals surface area contributed by atoms with Crippen molar-refractivity contribution in [3.05, 3.63) is 53.9 Å². The van der Waals surface area contributed by atoms with Crippen molar-refractivity contribution in [2.24, 2.45) is 0 Å². The molecule has 2 N–H and O–H groups in total. The Labute approximate surface area is 130 Å². The molecule has 0 radical (unpaired) electrons. The van der Waals surface area contributed by atoms with Crippen molar-refractivity contribution >= 4 is 29.7 Å². The number of hydrogen-bond donors (Lipinski definition) is 2. The van der Waals surface area contributed by atoms with Gasteiger partial charge < -0.3 is 10.6 Å². The third-order valence-corrected chi connectivity index (χ3v) is 3.43. The first-order valence-corrected chi connectivity index (χ1v) is 6.88. The standard InChI is InChI=1S/C16H17N3O.ClH/c20-16(7-5-13-3-1-2-9-17-13)19-14-4-6-15-12(11-14)8-10-18-15;/h1-4,6,9,11,18H,5,7-8,10H2,(H,19,20);1H. The van der Waals surface area contributed by atoms with E-state index in [9.17, 15) is 4.79 Å². The quantitative estimate of drug-likeness (QED) is 0.913. The molecular weight excluding hydrogens is 286 g/mol. The van der Waals surface area contributed by atoms with E-state index in [2.05, 4.69) is 15.6 Å². The van der Waals surface area contributed by atoms with Crippen LogP contribution in [0.5, 0.6) is 0 Å². The van der Waals surface area contributed by atoms with Crippen LogP contribution in [0.3, 0.4) is 0 Å². The van der Waals surface area contributed by atoms with E-state index in [4.69, 9.17) is 0 Å². The molecule has 1 aliphatic rings. The van der Waals surface area contributed by atoms with Gasteiger partial charge in [0.1, 0.15) is 0 Å². The zero-order chi connectivity index (χ0) is 13.8. The average Bonchev–Trinajstić information content (AvgIpc) is 2.94. The summed E-state index contributed by atoms with van der Waals surface area (Å²) in [5.41, 5.74) is 4.27. The summed E-state index contributed by atoms with van der Waals surface area (Å²) in [7, 11) is 0. The zero-order valence-electron chi connectivity index (χ0n) is 11.6. The predicted octanol–water partition coefficient (Wildman–Crippen LogP) is 3.04. The Morgan fingerprint density at radius 1 is 1.29 bits per heavy atom. The zero-order valence-corrected chi connectivity index (χ0v) is 12.5. The maximum Gasteiger partial charge on any atom is 0.224 e. The summed E-state index contributed by atoms with van der Waals surface area (Å²) < 4.78 is 0. The number of carbonyl (C=O) groups excluding carboxylic acids is 1. The molecule has 5 heteroatoms. The molecule has 1 amide bonds. The second-order valence-electron chi connectivity index (χ2n) is 4.92. The van der Waals surface area contributed by atoms with Crippen LogP contribution in [0.15, 0.2) is 42.6 Å². The molecule has 110 valence electrons. The second-order valence-corrected chi connectivity index (χ2v) is 4.92. The van der Waals surface area contributed by atoms with E-state index < -0.39 is 0 Å². The summed E-state index contributed by atoms with van der Waals surface area (Å²) >= 11 is 0. The number of aryl methyl sites for hydroxylation is 1. The van der Waals surface area contributed by atoms with Gasteiger partial charge in [0.05, 0.1) is 0 Å². The van der Waals surface area contributed by atoms with Gasteiger partial charge in [0.15, 0.2) is 0 Å². The molecule has 0 aliphatic carbocycles. The minimum Gasteiger partial charge on any atom is -0.384 e. The van der Waals surface area contributed by atoms with Crippen LogP contribution in [0.25, 0.3) is 0 Å². The predicted molar refractivity (Wildman–Crippen MR) is 87.1 cm³/mol. The normalized spacial score (nSPS) is 12.0. The summed E-state index contributed by atoms with van der Waals surface area (Å²) in [4.78, 5) is 16.1. The number of aromatic nitrogens is 1. The van der Waals surface area contributed by atoms with Gasteiger partial charge in [-0.05, 0) is 48.7 Å². The van der Waals surface area contributed by atoms with Crippen molar-refractivity contribution in [1.82, 2.24) is 4.98 Å². The van der Waals surface area contributed by atoms with Crippen molar-refractivity contribution in [3.63, 3.8) is 0 Å². The SMILES string of the molecule is Cl.O=C(CCc1ccccn1)Nc1ccc2c(c1)CCN2. The Morgan fingerprint density at radius 3 is 3.00 bits per heavy atom. The van der Waals surface area contributed by atoms with E-state index in [0.717, 1.165) is 24.3 Å². The topological polar surface area (TPSA) is 54.0 Å². The van der Waals surface area contributed by atoms with Gasteiger partial charge in [0, 0.05) is 36.2 Å². The molecule has 4 nitrogen and oxygen atoms in total. The van der Waals surface area contributed by atoms with Crippen LogP contribution in [0.2, 0.25) is 0 Å². The van der Waals surface area contributed by atoms with Crippen LogP contribution in [0.1, 0.15) is 17.7 Å². The van der Waals surface area contributed by atoms with Gasteiger partial charge in [-0.3, -0.25) is 9.78 Å². The van der Waals surface area contributed by atoms with Crippen molar-refractivity contribution in [3.8, 4) is 0 Å². The Hall–Kier alpha value is -2.07. The maximum absolute atomic E-state index is 11.9. The number of fused-ring (bicyclic) bond motifs is 1. The lowest BCUT2D eigenvalue weighted by Crippen LogP contribution is -2.12. The molecular formula is C16H18ClN3O. The van der Waals surface area contributed by atoms with E-state index in [1.54, 1.807) is 6.20 Å². The fourth-order valence-electron chi connectivity index (χ4n) is 2.39. The molecule has 1 aliphatic heterocycles. The highest BCUT2D eigenvalue weighted by molar-refractivity contribution is 5.91. The molecule has 0 fully saturated rings. The molecule has 0 saturated heterocycles. The van der Waals surface area contributed by atoms with Crippen LogP contribution in [0, 0.1) is 0 Å². The monoisotopic (exact) mass is 303 g/mol. The van der Waals surface area contributed by atoms with E-state index >= 15 is 0 Å². The van der Waals surface area contributed by atoms with Gasteiger partial charge in [-0.25, -0.2) is 0 Å². The molecule has 21 heavy (non-hydrogen) atoms. The molecule has 0 unspecified atom stereocenters. The average molecular weight is 304 g/mol. The number of anilines is 2. The Balaban J connectivity index is 0.00000161. The van der Waals surface area contributed by atoms with Crippen LogP contribution in [-0.4, -0.2) is 17.4 Å². The number of nitrogens with one attached hydrogen (secondary N) is 2. The summed E-state index contributed by atoms with van der Waals surface area (Å²) in [6.45, 7) is 0.979. The molecule has 0 saturated carbocycles. The lowest BCUT2D eigenvalue weighted by Gasteiger charge is -2.07. The van der Waals surface area contributed by atoms with E-state index in [1.165, 1.54) is 11.3 Å². The molecule has 3 rings (SSSR count). The number of nitrogens with zero attached hydrogens (tertiary/aromatic N) is 1. The molecule has 0 atom stereocenters. The van der Waals surface area contributed by atoms with E-state index in [-0.39, 0.29) is 18.3 Å². The number of pyridine rings is 1. The van der Waals surface area contributed by atoms with E-state index in [0.29, 0.717) is 12.8 Å². The maximum atomic E-state index is 11.9. The number of benzene rings is 1. The first kappa shape index (κ1) is 15.3. The van der Waals surface area contributed by atoms with Gasteiger partial charge >= 0.3 is 0 Å². The molecule has 1 aromatic carbocycles. The summed E-state index contributed by atoms with van der Waals surface area (Å²) in [6.07, 6.45) is 3.89. The van der Waals surface area contributed by atoms with Crippen LogP contribution in [-0.2, 0) is 17.6 Å². The van der Waals surface area contributed by atoms with Crippen LogP contribution >= 0.6 is 12.4 Å². The van der Waals surface area contributed by atoms with Crippen molar-refractivity contribution in [2.75, 3.05) is 17.2 Å². The van der Waals surface area contributed by atoms with Crippen molar-refractivity contribution in [1.29, 1.82) is 0 Å². The van der Waals surface area contributed by atoms with Crippen LogP contribution in [0.4, 0.5) is 11.4 Å². The molecule has 0 spiro atoms. The van der Waals surface area contributed by atoms with Crippen molar-refractivity contribution in [2.45, 2.75) is 19.3 Å². The lowest BCUT2D eigenvalue weighted by molar-refractivity contribution is -0.116. The number of amides is 1. The summed E-state index contributed by atoms with van der Waals surface area (Å²) in [5, 5.41) is 6.25. The molecule has 2 aromatic rings. The van der Waals surface area contributed by atoms with Gasteiger partial charge in [0.2, 0.25) is 5.91 Å². The fraction of sp³-hybridized carbons (Fsp3) is 0.250. The van der Waals surface area contributed by atoms with E-state index in [1.807, 2.05) is 36.4 Å². The number of hydrogen-bond acceptors (Lipinski definition) is 3. The lowest BCUT2D eigenvalue weighted by atomic mass is 10.1. The molecule has 1 aromatic heterocycles. The number of carbonyl (C=O) groups is 1. The second kappa shape index (κ2) is 7.09. The van der Waals surface area contributed by atoms with Gasteiger partial charge in [-0.2, -0.15) is 0 Å². The Kier molecular flexibility index (Phi) is 5.17.